The maximum atomic E-state index is 8.63. The fourth-order valence-corrected chi connectivity index (χ4v) is 1.91. The third kappa shape index (κ3) is 4.55. The van der Waals surface area contributed by atoms with Gasteiger partial charge in [-0.25, -0.2) is 0 Å². The van der Waals surface area contributed by atoms with Crippen molar-refractivity contribution in [2.24, 2.45) is 0 Å². The van der Waals surface area contributed by atoms with Crippen LogP contribution in [-0.4, -0.2) is 17.5 Å². The second kappa shape index (κ2) is 6.86. The molecular formula is C13H16Cl2N2. The number of rotatable bonds is 5. The van der Waals surface area contributed by atoms with E-state index in [0.29, 0.717) is 22.5 Å². The molecule has 0 amide bonds. The number of halogens is 2. The van der Waals surface area contributed by atoms with Gasteiger partial charge in [-0.2, -0.15) is 5.26 Å². The van der Waals surface area contributed by atoms with Gasteiger partial charge in [0.25, 0.3) is 0 Å². The number of hydrogen-bond acceptors (Lipinski definition) is 2. The van der Waals surface area contributed by atoms with Crippen molar-refractivity contribution >= 4 is 23.2 Å². The fraction of sp³-hybridized carbons (Fsp3) is 0.462. The summed E-state index contributed by atoms with van der Waals surface area (Å²) in [4.78, 5) is 2.24. The molecule has 0 bridgehead atoms. The number of hydrogen-bond donors (Lipinski definition) is 0. The van der Waals surface area contributed by atoms with Gasteiger partial charge in [-0.15, -0.1) is 0 Å². The molecule has 0 heterocycles. The lowest BCUT2D eigenvalue weighted by atomic mass is 10.2. The van der Waals surface area contributed by atoms with Crippen molar-refractivity contribution in [2.45, 2.75) is 32.9 Å². The first-order chi connectivity index (χ1) is 8.04. The summed E-state index contributed by atoms with van der Waals surface area (Å²) in [5.74, 6) is 0. The minimum absolute atomic E-state index is 0.401. The Labute approximate surface area is 113 Å². The molecule has 0 radical (unpaired) electrons. The van der Waals surface area contributed by atoms with Gasteiger partial charge in [0.2, 0.25) is 0 Å². The molecule has 1 rings (SSSR count). The lowest BCUT2D eigenvalue weighted by Gasteiger charge is -2.25. The molecule has 0 saturated heterocycles. The molecule has 0 unspecified atom stereocenters. The number of benzene rings is 1. The van der Waals surface area contributed by atoms with E-state index in [1.54, 1.807) is 0 Å². The Morgan fingerprint density at radius 2 is 2.00 bits per heavy atom. The van der Waals surface area contributed by atoms with Crippen molar-refractivity contribution in [3.63, 3.8) is 0 Å². The predicted molar refractivity (Wildman–Crippen MR) is 72.2 cm³/mol. The molecular weight excluding hydrogens is 255 g/mol. The first-order valence-corrected chi connectivity index (χ1v) is 6.35. The van der Waals surface area contributed by atoms with Crippen molar-refractivity contribution in [2.75, 3.05) is 6.54 Å². The molecule has 0 aliphatic rings. The van der Waals surface area contributed by atoms with Crippen LogP contribution in [0.3, 0.4) is 0 Å². The molecule has 4 heteroatoms. The second-order valence-corrected chi connectivity index (χ2v) is 5.04. The van der Waals surface area contributed by atoms with Crippen molar-refractivity contribution < 1.29 is 0 Å². The summed E-state index contributed by atoms with van der Waals surface area (Å²) < 4.78 is 0. The van der Waals surface area contributed by atoms with E-state index in [9.17, 15) is 0 Å². The van der Waals surface area contributed by atoms with Crippen molar-refractivity contribution in [3.05, 3.63) is 33.8 Å². The van der Waals surface area contributed by atoms with Crippen LogP contribution in [-0.2, 0) is 6.54 Å². The summed E-state index contributed by atoms with van der Waals surface area (Å²) in [6.07, 6.45) is 0.541. The third-order valence-electron chi connectivity index (χ3n) is 2.61. The topological polar surface area (TPSA) is 27.0 Å². The minimum atomic E-state index is 0.401. The van der Waals surface area contributed by atoms with Crippen LogP contribution in [0, 0.1) is 11.3 Å². The highest BCUT2D eigenvalue weighted by Gasteiger charge is 2.10. The standard InChI is InChI=1S/C13H16Cl2N2/c1-10(2)17(7-3-6-16)9-11-4-5-12(14)13(15)8-11/h4-5,8,10H,3,7,9H2,1-2H3. The summed E-state index contributed by atoms with van der Waals surface area (Å²) in [6.45, 7) is 5.80. The highest BCUT2D eigenvalue weighted by molar-refractivity contribution is 6.42. The van der Waals surface area contributed by atoms with Crippen LogP contribution in [0.5, 0.6) is 0 Å². The van der Waals surface area contributed by atoms with Gasteiger partial charge >= 0.3 is 0 Å². The largest absolute Gasteiger partial charge is 0.296 e. The number of nitrogens with zero attached hydrogens (tertiary/aromatic N) is 2. The van der Waals surface area contributed by atoms with E-state index in [0.717, 1.165) is 18.7 Å². The molecule has 0 N–H and O–H groups in total. The van der Waals surface area contributed by atoms with Gasteiger partial charge < -0.3 is 0 Å². The maximum Gasteiger partial charge on any atom is 0.0635 e. The first-order valence-electron chi connectivity index (χ1n) is 5.59. The summed E-state index contributed by atoms with van der Waals surface area (Å²) in [5, 5.41) is 9.78. The average molecular weight is 271 g/mol. The molecule has 0 spiro atoms. The van der Waals surface area contributed by atoms with Crippen LogP contribution in [0.2, 0.25) is 10.0 Å². The third-order valence-corrected chi connectivity index (χ3v) is 3.35. The van der Waals surface area contributed by atoms with Crippen molar-refractivity contribution in [1.29, 1.82) is 5.26 Å². The highest BCUT2D eigenvalue weighted by atomic mass is 35.5. The van der Waals surface area contributed by atoms with Gasteiger partial charge in [0.1, 0.15) is 0 Å². The Morgan fingerprint density at radius 1 is 1.29 bits per heavy atom. The minimum Gasteiger partial charge on any atom is -0.296 e. The molecule has 92 valence electrons. The number of nitriles is 1. The van der Waals surface area contributed by atoms with Gasteiger partial charge in [-0.05, 0) is 31.5 Å². The lowest BCUT2D eigenvalue weighted by molar-refractivity contribution is 0.218. The van der Waals surface area contributed by atoms with Crippen LogP contribution in [0.25, 0.3) is 0 Å². The van der Waals surface area contributed by atoms with E-state index in [4.69, 9.17) is 28.5 Å². The Balaban J connectivity index is 2.72. The quantitative estimate of drug-likeness (QED) is 0.805. The second-order valence-electron chi connectivity index (χ2n) is 4.22. The Hall–Kier alpha value is -0.750. The normalized spacial score (nSPS) is 10.9. The summed E-state index contributed by atoms with van der Waals surface area (Å²) >= 11 is 11.9. The Bertz CT molecular complexity index is 410. The lowest BCUT2D eigenvalue weighted by Crippen LogP contribution is -2.31. The molecule has 17 heavy (non-hydrogen) atoms. The van der Waals surface area contributed by atoms with Gasteiger partial charge in [-0.3, -0.25) is 4.90 Å². The van der Waals surface area contributed by atoms with Crippen molar-refractivity contribution in [1.82, 2.24) is 4.90 Å². The van der Waals surface area contributed by atoms with E-state index >= 15 is 0 Å². The molecule has 1 aromatic rings. The molecule has 2 nitrogen and oxygen atoms in total. The van der Waals surface area contributed by atoms with Crippen LogP contribution < -0.4 is 0 Å². The zero-order valence-corrected chi connectivity index (χ0v) is 11.6. The van der Waals surface area contributed by atoms with Gasteiger partial charge in [0.05, 0.1) is 16.1 Å². The average Bonchev–Trinajstić information content (AvgIpc) is 2.28. The predicted octanol–water partition coefficient (Wildman–Crippen LogP) is 4.12. The molecule has 0 saturated carbocycles. The van der Waals surface area contributed by atoms with E-state index in [-0.39, 0.29) is 0 Å². The van der Waals surface area contributed by atoms with E-state index in [1.165, 1.54) is 0 Å². The highest BCUT2D eigenvalue weighted by Crippen LogP contribution is 2.23. The van der Waals surface area contributed by atoms with Crippen LogP contribution in [0.4, 0.5) is 0 Å². The molecule has 0 fully saturated rings. The van der Waals surface area contributed by atoms with E-state index in [2.05, 4.69) is 24.8 Å². The molecule has 0 aromatic heterocycles. The van der Waals surface area contributed by atoms with Crippen LogP contribution in [0.15, 0.2) is 18.2 Å². The van der Waals surface area contributed by atoms with Crippen LogP contribution in [0.1, 0.15) is 25.8 Å². The van der Waals surface area contributed by atoms with Gasteiger partial charge in [-0.1, -0.05) is 29.3 Å². The SMILES string of the molecule is CC(C)N(CCC#N)Cc1ccc(Cl)c(Cl)c1. The van der Waals surface area contributed by atoms with Gasteiger partial charge in [0, 0.05) is 25.6 Å². The Kier molecular flexibility index (Phi) is 5.77. The van der Waals surface area contributed by atoms with Crippen LogP contribution >= 0.6 is 23.2 Å². The maximum absolute atomic E-state index is 8.63. The van der Waals surface area contributed by atoms with Crippen molar-refractivity contribution in [3.8, 4) is 6.07 Å². The fourth-order valence-electron chi connectivity index (χ4n) is 1.59. The smallest absolute Gasteiger partial charge is 0.0635 e. The van der Waals surface area contributed by atoms with Gasteiger partial charge in [0.15, 0.2) is 0 Å². The summed E-state index contributed by atoms with van der Waals surface area (Å²) in [5.41, 5.74) is 1.12. The Morgan fingerprint density at radius 3 is 2.53 bits per heavy atom. The first kappa shape index (κ1) is 14.3. The monoisotopic (exact) mass is 270 g/mol. The molecule has 0 aliphatic carbocycles. The van der Waals surface area contributed by atoms with E-state index in [1.807, 2.05) is 18.2 Å². The molecule has 1 aromatic carbocycles. The zero-order chi connectivity index (χ0) is 12.8. The zero-order valence-electron chi connectivity index (χ0n) is 10.1. The summed E-state index contributed by atoms with van der Waals surface area (Å²) in [6, 6.07) is 8.23. The van der Waals surface area contributed by atoms with E-state index < -0.39 is 0 Å². The molecule has 0 atom stereocenters. The molecule has 0 aliphatic heterocycles. The summed E-state index contributed by atoms with van der Waals surface area (Å²) in [7, 11) is 0.